The second-order valence-corrected chi connectivity index (χ2v) is 6.46. The van der Waals surface area contributed by atoms with Crippen LogP contribution in [0.5, 0.6) is 0 Å². The van der Waals surface area contributed by atoms with Gasteiger partial charge in [0.2, 0.25) is 0 Å². The fourth-order valence-corrected chi connectivity index (χ4v) is 3.50. The maximum atomic E-state index is 14.5. The number of halogens is 2. The lowest BCUT2D eigenvalue weighted by molar-refractivity contribution is 0.0590. The van der Waals surface area contributed by atoms with Crippen LogP contribution >= 0.6 is 23.9 Å². The van der Waals surface area contributed by atoms with E-state index >= 15 is 0 Å². The lowest BCUT2D eigenvalue weighted by Crippen LogP contribution is -2.14. The molecule has 0 saturated carbocycles. The van der Waals surface area contributed by atoms with E-state index in [-0.39, 0.29) is 5.69 Å². The van der Waals surface area contributed by atoms with Gasteiger partial charge in [-0.25, -0.2) is 13.6 Å². The largest absolute Gasteiger partial charge is 0.465 e. The predicted octanol–water partition coefficient (Wildman–Crippen LogP) is 4.67. The number of benzene rings is 1. The lowest BCUT2D eigenvalue weighted by Gasteiger charge is -2.22. The average Bonchev–Trinajstić information content (AvgIpc) is 2.48. The van der Waals surface area contributed by atoms with Crippen LogP contribution in [-0.4, -0.2) is 24.6 Å². The molecule has 0 fully saturated rings. The number of ether oxygens (including phenoxy) is 1. The molecule has 0 heterocycles. The molecule has 1 aromatic carbocycles. The van der Waals surface area contributed by atoms with Crippen molar-refractivity contribution in [3.05, 3.63) is 29.3 Å². The highest BCUT2D eigenvalue weighted by Gasteiger charge is 2.24. The van der Waals surface area contributed by atoms with Crippen LogP contribution in [-0.2, 0) is 4.74 Å². The summed E-state index contributed by atoms with van der Waals surface area (Å²) in [6, 6.07) is 2.44. The molecule has 21 heavy (non-hydrogen) atoms. The Balaban J connectivity index is 3.15. The third-order valence-electron chi connectivity index (χ3n) is 2.48. The number of carbonyl (C=O) groups is 1. The number of carbonyl (C=O) groups excluding carboxylic acids is 1. The van der Waals surface area contributed by atoms with Crippen molar-refractivity contribution >= 4 is 35.6 Å². The van der Waals surface area contributed by atoms with Gasteiger partial charge in [0.05, 0.1) is 12.8 Å². The molecule has 1 rings (SSSR count). The monoisotopic (exact) mass is 335 g/mol. The molecule has 3 nitrogen and oxygen atoms in total. The molecule has 0 radical (unpaired) electrons. The third-order valence-corrected chi connectivity index (χ3v) is 5.16. The summed E-state index contributed by atoms with van der Waals surface area (Å²) in [6.07, 6.45) is 1.86. The maximum Gasteiger partial charge on any atom is 0.343 e. The molecule has 0 spiro atoms. The molecule has 1 aromatic rings. The normalized spacial score (nSPS) is 10.5. The molecule has 0 bridgehead atoms. The van der Waals surface area contributed by atoms with E-state index in [0.29, 0.717) is 0 Å². The van der Waals surface area contributed by atoms with E-state index in [4.69, 9.17) is 0 Å². The zero-order valence-electron chi connectivity index (χ0n) is 12.3. The first-order valence-electron chi connectivity index (χ1n) is 6.69. The van der Waals surface area contributed by atoms with E-state index in [1.807, 2.05) is 13.8 Å². The van der Waals surface area contributed by atoms with Gasteiger partial charge in [-0.3, -0.25) is 3.71 Å². The first kappa shape index (κ1) is 18.1. The van der Waals surface area contributed by atoms with Crippen LogP contribution in [0.25, 0.3) is 0 Å². The van der Waals surface area contributed by atoms with E-state index in [9.17, 15) is 13.6 Å². The van der Waals surface area contributed by atoms with Crippen LogP contribution in [0.3, 0.4) is 0 Å². The Morgan fingerprint density at radius 3 is 2.24 bits per heavy atom. The first-order chi connectivity index (χ1) is 10.1. The van der Waals surface area contributed by atoms with Gasteiger partial charge in [0.1, 0.15) is 11.4 Å². The Kier molecular flexibility index (Phi) is 7.88. The summed E-state index contributed by atoms with van der Waals surface area (Å²) in [5.74, 6) is -1.19. The molecule has 0 aromatic heterocycles. The number of esters is 1. The number of methoxy groups -OCH3 is 1. The van der Waals surface area contributed by atoms with Crippen LogP contribution in [0.1, 0.15) is 37.0 Å². The van der Waals surface area contributed by atoms with E-state index in [2.05, 4.69) is 4.74 Å². The zero-order valence-corrected chi connectivity index (χ0v) is 14.0. The SMILES string of the molecule is CCCSN(SCCC)c1ccc(F)c(C(=O)OC)c1F. The Hall–Kier alpha value is -0.950. The standard InChI is InChI=1S/C14H19F2NO2S2/c1-4-8-20-17(21-9-5-2)11-7-6-10(15)12(13(11)16)14(18)19-3/h6-7H,4-5,8-9H2,1-3H3. The molecule has 0 amide bonds. The third kappa shape index (κ3) is 4.78. The quantitative estimate of drug-likeness (QED) is 0.508. The summed E-state index contributed by atoms with van der Waals surface area (Å²) in [4.78, 5) is 11.5. The van der Waals surface area contributed by atoms with Crippen LogP contribution in [0.15, 0.2) is 12.1 Å². The number of hydrogen-bond acceptors (Lipinski definition) is 5. The van der Waals surface area contributed by atoms with Gasteiger partial charge in [-0.1, -0.05) is 13.8 Å². The number of hydrogen-bond donors (Lipinski definition) is 0. The van der Waals surface area contributed by atoms with Crippen molar-refractivity contribution in [2.45, 2.75) is 26.7 Å². The summed E-state index contributed by atoms with van der Waals surface area (Å²) >= 11 is 2.89. The summed E-state index contributed by atoms with van der Waals surface area (Å²) < 4.78 is 34.3. The van der Waals surface area contributed by atoms with Gasteiger partial charge >= 0.3 is 5.97 Å². The molecule has 7 heteroatoms. The van der Waals surface area contributed by atoms with Crippen molar-refractivity contribution in [1.29, 1.82) is 0 Å². The van der Waals surface area contributed by atoms with Gasteiger partial charge in [0.25, 0.3) is 0 Å². The predicted molar refractivity (Wildman–Crippen MR) is 85.7 cm³/mol. The maximum absolute atomic E-state index is 14.5. The number of nitrogens with zero attached hydrogens (tertiary/aromatic N) is 1. The molecule has 118 valence electrons. The lowest BCUT2D eigenvalue weighted by atomic mass is 10.2. The van der Waals surface area contributed by atoms with Gasteiger partial charge in [0, 0.05) is 11.5 Å². The van der Waals surface area contributed by atoms with Crippen LogP contribution in [0.2, 0.25) is 0 Å². The molecule has 0 aliphatic heterocycles. The zero-order chi connectivity index (χ0) is 15.8. The van der Waals surface area contributed by atoms with Crippen molar-refractivity contribution in [3.63, 3.8) is 0 Å². The van der Waals surface area contributed by atoms with Crippen molar-refractivity contribution < 1.29 is 18.3 Å². The highest BCUT2D eigenvalue weighted by molar-refractivity contribution is 8.18. The van der Waals surface area contributed by atoms with E-state index < -0.39 is 23.2 Å². The van der Waals surface area contributed by atoms with Gasteiger partial charge in [-0.15, -0.1) is 0 Å². The molecule has 0 aliphatic rings. The highest BCUT2D eigenvalue weighted by atomic mass is 32.2. The second kappa shape index (κ2) is 9.15. The fourth-order valence-electron chi connectivity index (χ4n) is 1.50. The van der Waals surface area contributed by atoms with E-state index in [1.54, 1.807) is 3.71 Å². The number of anilines is 1. The second-order valence-electron chi connectivity index (χ2n) is 4.17. The van der Waals surface area contributed by atoms with Crippen molar-refractivity contribution in [3.8, 4) is 0 Å². The van der Waals surface area contributed by atoms with Crippen molar-refractivity contribution in [1.82, 2.24) is 0 Å². The van der Waals surface area contributed by atoms with Gasteiger partial charge in [-0.2, -0.15) is 0 Å². The van der Waals surface area contributed by atoms with Gasteiger partial charge in [0.15, 0.2) is 5.82 Å². The minimum Gasteiger partial charge on any atom is -0.465 e. The van der Waals surface area contributed by atoms with Crippen LogP contribution in [0, 0.1) is 11.6 Å². The van der Waals surface area contributed by atoms with Crippen molar-refractivity contribution in [2.24, 2.45) is 0 Å². The highest BCUT2D eigenvalue weighted by Crippen LogP contribution is 2.35. The molecule has 0 N–H and O–H groups in total. The average molecular weight is 335 g/mol. The molecular formula is C14H19F2NO2S2. The van der Waals surface area contributed by atoms with Crippen LogP contribution < -0.4 is 3.71 Å². The minimum atomic E-state index is -1.01. The van der Waals surface area contributed by atoms with E-state index in [0.717, 1.165) is 37.5 Å². The Morgan fingerprint density at radius 2 is 1.76 bits per heavy atom. The molecule has 0 aliphatic carbocycles. The van der Waals surface area contributed by atoms with Crippen molar-refractivity contribution in [2.75, 3.05) is 22.3 Å². The smallest absolute Gasteiger partial charge is 0.343 e. The summed E-state index contributed by atoms with van der Waals surface area (Å²) in [5.41, 5.74) is -0.456. The van der Waals surface area contributed by atoms with Crippen LogP contribution in [0.4, 0.5) is 14.5 Å². The summed E-state index contributed by atoms with van der Waals surface area (Å²) in [7, 11) is 1.10. The Labute approximate surface area is 132 Å². The first-order valence-corrected chi connectivity index (χ1v) is 8.57. The molecule has 0 saturated heterocycles. The number of rotatable bonds is 8. The molecule has 0 atom stereocenters. The molecular weight excluding hydrogens is 316 g/mol. The summed E-state index contributed by atoms with van der Waals surface area (Å²) in [5, 5.41) is 0. The minimum absolute atomic E-state index is 0.189. The fraction of sp³-hybridized carbons (Fsp3) is 0.500. The van der Waals surface area contributed by atoms with E-state index in [1.165, 1.54) is 30.0 Å². The Morgan fingerprint density at radius 1 is 1.19 bits per heavy atom. The summed E-state index contributed by atoms with van der Waals surface area (Å²) in [6.45, 7) is 4.05. The van der Waals surface area contributed by atoms with Gasteiger partial charge in [-0.05, 0) is 48.9 Å². The Bertz CT molecular complexity index is 478. The topological polar surface area (TPSA) is 29.5 Å². The van der Waals surface area contributed by atoms with Gasteiger partial charge < -0.3 is 4.74 Å². The molecule has 0 unspecified atom stereocenters.